The lowest BCUT2D eigenvalue weighted by molar-refractivity contribution is 0.0666. The number of anilines is 1. The first-order valence-electron chi connectivity index (χ1n) is 10.3. The average molecular weight is 484 g/mol. The average Bonchev–Trinajstić information content (AvgIpc) is 3.33. The molecule has 2 aromatic rings. The smallest absolute Gasteiger partial charge is 0.289 e. The Bertz CT molecular complexity index is 1190. The van der Waals surface area contributed by atoms with Crippen LogP contribution < -0.4 is 9.04 Å². The van der Waals surface area contributed by atoms with E-state index < -0.39 is 20.0 Å². The summed E-state index contributed by atoms with van der Waals surface area (Å²) in [6.07, 6.45) is 2.70. The second-order valence-corrected chi connectivity index (χ2v) is 11.5. The van der Waals surface area contributed by atoms with E-state index in [1.165, 1.54) is 34.1 Å². The third kappa shape index (κ3) is 4.21. The summed E-state index contributed by atoms with van der Waals surface area (Å²) in [5.74, 6) is 0.0878. The van der Waals surface area contributed by atoms with Crippen molar-refractivity contribution >= 4 is 31.6 Å². The van der Waals surface area contributed by atoms with Gasteiger partial charge in [-0.2, -0.15) is 4.31 Å². The fraction of sp³-hybridized carbons (Fsp3) is 0.450. The summed E-state index contributed by atoms with van der Waals surface area (Å²) in [6, 6.07) is 7.58. The summed E-state index contributed by atoms with van der Waals surface area (Å²) in [4.78, 5) is 13.9. The summed E-state index contributed by atoms with van der Waals surface area (Å²) in [7, 11) is -6.10. The van der Waals surface area contributed by atoms with Gasteiger partial charge in [-0.1, -0.05) is 0 Å². The third-order valence-electron chi connectivity index (χ3n) is 5.66. The van der Waals surface area contributed by atoms with Crippen LogP contribution in [0, 0.1) is 0 Å². The number of hydrogen-bond donors (Lipinski definition) is 0. The zero-order chi connectivity index (χ0) is 22.9. The lowest BCUT2D eigenvalue weighted by Gasteiger charge is -2.34. The molecule has 1 amide bonds. The Kier molecular flexibility index (Phi) is 6.19. The molecule has 2 aliphatic rings. The number of carbonyl (C=O) groups excluding carboxylic acids is 1. The first kappa shape index (κ1) is 22.6. The summed E-state index contributed by atoms with van der Waals surface area (Å²) < 4.78 is 64.8. The van der Waals surface area contributed by atoms with Gasteiger partial charge in [-0.3, -0.25) is 9.10 Å². The highest BCUT2D eigenvalue weighted by Crippen LogP contribution is 2.33. The minimum atomic E-state index is -3.98. The van der Waals surface area contributed by atoms with Crippen LogP contribution in [0.2, 0.25) is 0 Å². The molecule has 1 aromatic heterocycles. The van der Waals surface area contributed by atoms with Crippen molar-refractivity contribution in [2.75, 3.05) is 49.9 Å². The summed E-state index contributed by atoms with van der Waals surface area (Å²) in [5.41, 5.74) is 0.302. The zero-order valence-corrected chi connectivity index (χ0v) is 19.3. The van der Waals surface area contributed by atoms with E-state index in [0.29, 0.717) is 25.1 Å². The molecule has 10 nitrogen and oxygen atoms in total. The first-order valence-corrected chi connectivity index (χ1v) is 13.3. The molecule has 0 unspecified atom stereocenters. The largest absolute Gasteiger partial charge is 0.495 e. The number of hydrogen-bond acceptors (Lipinski definition) is 7. The molecule has 2 saturated heterocycles. The van der Waals surface area contributed by atoms with Crippen LogP contribution in [-0.4, -0.2) is 77.5 Å². The molecule has 0 atom stereocenters. The Morgan fingerprint density at radius 1 is 1.06 bits per heavy atom. The van der Waals surface area contributed by atoms with Crippen molar-refractivity contribution in [3.63, 3.8) is 0 Å². The number of methoxy groups -OCH3 is 1. The van der Waals surface area contributed by atoms with Gasteiger partial charge in [0.25, 0.3) is 5.91 Å². The van der Waals surface area contributed by atoms with E-state index in [1.807, 2.05) is 0 Å². The van der Waals surface area contributed by atoms with E-state index in [4.69, 9.17) is 9.15 Å². The molecule has 4 rings (SSSR count). The summed E-state index contributed by atoms with van der Waals surface area (Å²) in [6.45, 7) is 0.929. The molecule has 0 saturated carbocycles. The number of rotatable bonds is 5. The van der Waals surface area contributed by atoms with Gasteiger partial charge in [0.1, 0.15) is 10.6 Å². The Balaban J connectivity index is 1.57. The molecular weight excluding hydrogens is 458 g/mol. The lowest BCUT2D eigenvalue weighted by atomic mass is 10.2. The predicted octanol–water partition coefficient (Wildman–Crippen LogP) is 1.36. The SMILES string of the molecule is COc1ccc(N2CCCCS2(=O)=O)cc1S(=O)(=O)N1CCN(C(=O)c2ccco2)CC1. The van der Waals surface area contributed by atoms with Crippen molar-refractivity contribution in [3.8, 4) is 5.75 Å². The molecule has 12 heteroatoms. The standard InChI is InChI=1S/C20H25N3O7S2/c1-29-17-7-6-16(23-8-2-3-14-31(23,25)26)15-19(17)32(27,28)22-11-9-21(10-12-22)20(24)18-5-4-13-30-18/h4-7,13,15H,2-3,8-12,14H2,1H3. The van der Waals surface area contributed by atoms with Gasteiger partial charge in [-0.15, -0.1) is 0 Å². The zero-order valence-electron chi connectivity index (χ0n) is 17.6. The van der Waals surface area contributed by atoms with Crippen LogP contribution in [0.1, 0.15) is 23.4 Å². The maximum Gasteiger partial charge on any atom is 0.289 e. The number of carbonyl (C=O) groups is 1. The number of nitrogens with zero attached hydrogens (tertiary/aromatic N) is 3. The molecule has 0 bridgehead atoms. The van der Waals surface area contributed by atoms with E-state index in [1.54, 1.807) is 23.1 Å². The Hall–Kier alpha value is -2.57. The van der Waals surface area contributed by atoms with Gasteiger partial charge in [0.2, 0.25) is 20.0 Å². The highest BCUT2D eigenvalue weighted by atomic mass is 32.2. The number of amides is 1. The van der Waals surface area contributed by atoms with Gasteiger partial charge >= 0.3 is 0 Å². The van der Waals surface area contributed by atoms with Gasteiger partial charge in [0, 0.05) is 32.7 Å². The van der Waals surface area contributed by atoms with Crippen LogP contribution in [0.3, 0.4) is 0 Å². The van der Waals surface area contributed by atoms with Crippen LogP contribution in [0.15, 0.2) is 45.9 Å². The van der Waals surface area contributed by atoms with Crippen LogP contribution in [0.4, 0.5) is 5.69 Å². The highest BCUT2D eigenvalue weighted by molar-refractivity contribution is 7.92. The molecule has 0 spiro atoms. The molecule has 0 radical (unpaired) electrons. The van der Waals surface area contributed by atoms with E-state index in [0.717, 1.165) is 0 Å². The van der Waals surface area contributed by atoms with Crippen molar-refractivity contribution in [3.05, 3.63) is 42.4 Å². The second-order valence-electron chi connectivity index (χ2n) is 7.60. The Morgan fingerprint density at radius 2 is 1.81 bits per heavy atom. The topological polar surface area (TPSA) is 117 Å². The molecule has 1 aromatic carbocycles. The minimum Gasteiger partial charge on any atom is -0.495 e. The Labute approximate surface area is 187 Å². The Morgan fingerprint density at radius 3 is 2.44 bits per heavy atom. The van der Waals surface area contributed by atoms with Crippen LogP contribution in [-0.2, 0) is 20.0 Å². The molecule has 0 aliphatic carbocycles. The number of sulfonamides is 2. The molecule has 0 N–H and O–H groups in total. The number of piperazine rings is 1. The van der Waals surface area contributed by atoms with Crippen LogP contribution in [0.25, 0.3) is 0 Å². The van der Waals surface area contributed by atoms with Crippen LogP contribution >= 0.6 is 0 Å². The van der Waals surface area contributed by atoms with E-state index in [2.05, 4.69) is 0 Å². The quantitative estimate of drug-likeness (QED) is 0.630. The summed E-state index contributed by atoms with van der Waals surface area (Å²) in [5, 5.41) is 0. The highest BCUT2D eigenvalue weighted by Gasteiger charge is 2.34. The van der Waals surface area contributed by atoms with Crippen molar-refractivity contribution in [1.82, 2.24) is 9.21 Å². The van der Waals surface area contributed by atoms with Gasteiger partial charge < -0.3 is 14.1 Å². The lowest BCUT2D eigenvalue weighted by Crippen LogP contribution is -2.50. The second kappa shape index (κ2) is 8.75. The van der Waals surface area contributed by atoms with Crippen LogP contribution in [0.5, 0.6) is 5.75 Å². The maximum absolute atomic E-state index is 13.4. The minimum absolute atomic E-state index is 0.0345. The molecule has 32 heavy (non-hydrogen) atoms. The number of ether oxygens (including phenoxy) is 1. The monoisotopic (exact) mass is 483 g/mol. The van der Waals surface area contributed by atoms with Gasteiger partial charge in [-0.05, 0) is 43.2 Å². The normalized spacial score (nSPS) is 19.7. The van der Waals surface area contributed by atoms with E-state index >= 15 is 0 Å². The molecule has 3 heterocycles. The number of benzene rings is 1. The van der Waals surface area contributed by atoms with Crippen molar-refractivity contribution in [2.24, 2.45) is 0 Å². The number of furan rings is 1. The molecular formula is C20H25N3O7S2. The summed E-state index contributed by atoms with van der Waals surface area (Å²) >= 11 is 0. The van der Waals surface area contributed by atoms with E-state index in [-0.39, 0.29) is 54.2 Å². The fourth-order valence-electron chi connectivity index (χ4n) is 3.93. The van der Waals surface area contributed by atoms with E-state index in [9.17, 15) is 21.6 Å². The van der Waals surface area contributed by atoms with Crippen molar-refractivity contribution in [2.45, 2.75) is 17.7 Å². The fourth-order valence-corrected chi connectivity index (χ4v) is 7.16. The molecule has 2 fully saturated rings. The van der Waals surface area contributed by atoms with Gasteiger partial charge in [0.05, 0.1) is 24.8 Å². The van der Waals surface area contributed by atoms with Gasteiger partial charge in [-0.25, -0.2) is 16.8 Å². The third-order valence-corrected chi connectivity index (χ3v) is 9.45. The molecule has 2 aliphatic heterocycles. The van der Waals surface area contributed by atoms with Crippen molar-refractivity contribution < 1.29 is 30.8 Å². The van der Waals surface area contributed by atoms with Gasteiger partial charge in [0.15, 0.2) is 5.76 Å². The molecule has 174 valence electrons. The van der Waals surface area contributed by atoms with Crippen molar-refractivity contribution in [1.29, 1.82) is 0 Å². The predicted molar refractivity (Wildman–Crippen MR) is 117 cm³/mol. The maximum atomic E-state index is 13.4. The first-order chi connectivity index (χ1) is 15.2.